The van der Waals surface area contributed by atoms with E-state index >= 15 is 0 Å². The maximum atomic E-state index is 12.5. The number of rotatable bonds is 3. The van der Waals surface area contributed by atoms with Crippen molar-refractivity contribution in [2.45, 2.75) is 31.8 Å². The van der Waals surface area contributed by atoms with E-state index < -0.39 is 6.04 Å². The molecule has 1 aromatic carbocycles. The predicted octanol–water partition coefficient (Wildman–Crippen LogP) is 1.40. The lowest BCUT2D eigenvalue weighted by atomic mass is 10.1. The molecule has 0 bridgehead atoms. The minimum absolute atomic E-state index is 0.0790. The van der Waals surface area contributed by atoms with E-state index in [1.807, 2.05) is 12.1 Å². The smallest absolute Gasteiger partial charge is 0.336 e. The van der Waals surface area contributed by atoms with Crippen LogP contribution in [0.25, 0.3) is 0 Å². The van der Waals surface area contributed by atoms with Gasteiger partial charge in [-0.2, -0.15) is 5.26 Å². The van der Waals surface area contributed by atoms with Crippen LogP contribution in [0.15, 0.2) is 24.3 Å². The monoisotopic (exact) mass is 328 g/mol. The first-order chi connectivity index (χ1) is 11.7. The van der Waals surface area contributed by atoms with Gasteiger partial charge in [-0.05, 0) is 37.0 Å². The molecule has 1 aromatic rings. The molecule has 2 fully saturated rings. The van der Waals surface area contributed by atoms with Crippen molar-refractivity contribution in [1.29, 1.82) is 5.26 Å². The number of hydrogen-bond donors (Lipinski definition) is 1. The molecule has 1 N–H and O–H groups in total. The standard InChI is InChI=1S/C17H20N4O3/c18-11-13-3-5-14(6-4-13)12-20-9-7-15(16(20)22)19-17(23)21-8-1-2-10-24-21/h3-6,15H,1-2,7-10,12H2,(H,19,23)/t15-/m1/s1. The van der Waals surface area contributed by atoms with Crippen molar-refractivity contribution in [1.82, 2.24) is 15.3 Å². The van der Waals surface area contributed by atoms with Gasteiger partial charge in [-0.3, -0.25) is 9.63 Å². The van der Waals surface area contributed by atoms with Gasteiger partial charge in [-0.15, -0.1) is 0 Å². The predicted molar refractivity (Wildman–Crippen MR) is 85.4 cm³/mol. The van der Waals surface area contributed by atoms with E-state index in [-0.39, 0.29) is 11.9 Å². The number of urea groups is 1. The van der Waals surface area contributed by atoms with Gasteiger partial charge < -0.3 is 10.2 Å². The fourth-order valence-electron chi connectivity index (χ4n) is 2.91. The Morgan fingerprint density at radius 1 is 1.29 bits per heavy atom. The summed E-state index contributed by atoms with van der Waals surface area (Å²) in [6, 6.07) is 8.40. The zero-order valence-corrected chi connectivity index (χ0v) is 13.4. The Morgan fingerprint density at radius 3 is 2.75 bits per heavy atom. The summed E-state index contributed by atoms with van der Waals surface area (Å²) < 4.78 is 0. The van der Waals surface area contributed by atoms with Gasteiger partial charge in [0.1, 0.15) is 6.04 Å². The van der Waals surface area contributed by atoms with Crippen LogP contribution in [0.3, 0.4) is 0 Å². The number of hydrogen-bond acceptors (Lipinski definition) is 4. The number of nitrogens with one attached hydrogen (secondary N) is 1. The molecule has 7 nitrogen and oxygen atoms in total. The zero-order chi connectivity index (χ0) is 16.9. The van der Waals surface area contributed by atoms with Crippen LogP contribution >= 0.6 is 0 Å². The van der Waals surface area contributed by atoms with Gasteiger partial charge in [-0.1, -0.05) is 12.1 Å². The van der Waals surface area contributed by atoms with Crippen molar-refractivity contribution < 1.29 is 14.4 Å². The highest BCUT2D eigenvalue weighted by molar-refractivity contribution is 5.88. The molecule has 7 heteroatoms. The second-order valence-electron chi connectivity index (χ2n) is 6.00. The van der Waals surface area contributed by atoms with E-state index in [9.17, 15) is 9.59 Å². The molecule has 2 heterocycles. The fraction of sp³-hybridized carbons (Fsp3) is 0.471. The molecule has 0 unspecified atom stereocenters. The van der Waals surface area contributed by atoms with E-state index in [4.69, 9.17) is 10.1 Å². The van der Waals surface area contributed by atoms with Gasteiger partial charge in [0.2, 0.25) is 5.91 Å². The van der Waals surface area contributed by atoms with Crippen molar-refractivity contribution in [3.63, 3.8) is 0 Å². The molecular weight excluding hydrogens is 308 g/mol. The zero-order valence-electron chi connectivity index (χ0n) is 13.4. The number of benzene rings is 1. The highest BCUT2D eigenvalue weighted by Gasteiger charge is 2.34. The summed E-state index contributed by atoms with van der Waals surface area (Å²) in [6.07, 6.45) is 2.45. The molecule has 0 saturated carbocycles. The van der Waals surface area contributed by atoms with Crippen LogP contribution in [0.4, 0.5) is 4.79 Å². The Kier molecular flexibility index (Phi) is 4.96. The second-order valence-corrected chi connectivity index (χ2v) is 6.00. The van der Waals surface area contributed by atoms with E-state index in [2.05, 4.69) is 11.4 Å². The molecule has 2 saturated heterocycles. The highest BCUT2D eigenvalue weighted by atomic mass is 16.7. The lowest BCUT2D eigenvalue weighted by Gasteiger charge is -2.27. The summed E-state index contributed by atoms with van der Waals surface area (Å²) >= 11 is 0. The highest BCUT2D eigenvalue weighted by Crippen LogP contribution is 2.16. The molecule has 2 aliphatic rings. The summed E-state index contributed by atoms with van der Waals surface area (Å²) in [5, 5.41) is 12.9. The van der Waals surface area contributed by atoms with Gasteiger partial charge >= 0.3 is 6.03 Å². The fourth-order valence-corrected chi connectivity index (χ4v) is 2.91. The van der Waals surface area contributed by atoms with Crippen molar-refractivity contribution in [2.75, 3.05) is 19.7 Å². The normalized spacial score (nSPS) is 20.8. The first kappa shape index (κ1) is 16.3. The first-order valence-electron chi connectivity index (χ1n) is 8.16. The van der Waals surface area contributed by atoms with E-state index in [1.165, 1.54) is 5.06 Å². The van der Waals surface area contributed by atoms with Crippen LogP contribution in [0.5, 0.6) is 0 Å². The van der Waals surface area contributed by atoms with Crippen LogP contribution in [0.1, 0.15) is 30.4 Å². The number of likely N-dealkylation sites (tertiary alicyclic amines) is 1. The molecule has 1 atom stereocenters. The summed E-state index contributed by atoms with van der Waals surface area (Å²) in [6.45, 7) is 2.18. The topological polar surface area (TPSA) is 85.7 Å². The number of hydroxylamine groups is 2. The SMILES string of the molecule is N#Cc1ccc(CN2CC[C@@H](NC(=O)N3CCCCO3)C2=O)cc1. The minimum Gasteiger partial charge on any atom is -0.336 e. The van der Waals surface area contributed by atoms with Crippen LogP contribution in [-0.4, -0.2) is 47.6 Å². The van der Waals surface area contributed by atoms with Gasteiger partial charge in [0, 0.05) is 13.1 Å². The van der Waals surface area contributed by atoms with E-state index in [0.29, 0.717) is 38.2 Å². The summed E-state index contributed by atoms with van der Waals surface area (Å²) in [7, 11) is 0. The number of amides is 3. The first-order valence-corrected chi connectivity index (χ1v) is 8.16. The van der Waals surface area contributed by atoms with Crippen LogP contribution in [-0.2, 0) is 16.2 Å². The average Bonchev–Trinajstić information content (AvgIpc) is 2.96. The number of carbonyl (C=O) groups excluding carboxylic acids is 2. The molecule has 0 aromatic heterocycles. The number of carbonyl (C=O) groups is 2. The molecule has 0 radical (unpaired) electrons. The third kappa shape index (κ3) is 3.66. The molecule has 0 spiro atoms. The minimum atomic E-state index is -0.499. The van der Waals surface area contributed by atoms with Gasteiger partial charge in [-0.25, -0.2) is 9.86 Å². The maximum Gasteiger partial charge on any atom is 0.341 e. The van der Waals surface area contributed by atoms with Gasteiger partial charge in [0.25, 0.3) is 0 Å². The molecule has 126 valence electrons. The largest absolute Gasteiger partial charge is 0.341 e. The Bertz CT molecular complexity index is 647. The molecule has 24 heavy (non-hydrogen) atoms. The summed E-state index contributed by atoms with van der Waals surface area (Å²) in [5.74, 6) is -0.0790. The number of nitriles is 1. The van der Waals surface area contributed by atoms with E-state index in [1.54, 1.807) is 17.0 Å². The quantitative estimate of drug-likeness (QED) is 0.909. The maximum absolute atomic E-state index is 12.5. The Labute approximate surface area is 140 Å². The second kappa shape index (κ2) is 7.32. The summed E-state index contributed by atoms with van der Waals surface area (Å²) in [5.41, 5.74) is 1.56. The van der Waals surface area contributed by atoms with Gasteiger partial charge in [0.15, 0.2) is 0 Å². The lowest BCUT2D eigenvalue weighted by Crippen LogP contribution is -2.49. The van der Waals surface area contributed by atoms with Crippen LogP contribution < -0.4 is 5.32 Å². The molecule has 3 rings (SSSR count). The molecule has 2 aliphatic heterocycles. The molecular formula is C17H20N4O3. The van der Waals surface area contributed by atoms with Crippen LogP contribution in [0.2, 0.25) is 0 Å². The Balaban J connectivity index is 1.54. The Morgan fingerprint density at radius 2 is 2.08 bits per heavy atom. The van der Waals surface area contributed by atoms with Gasteiger partial charge in [0.05, 0.1) is 24.8 Å². The van der Waals surface area contributed by atoms with Crippen molar-refractivity contribution in [3.8, 4) is 6.07 Å². The lowest BCUT2D eigenvalue weighted by molar-refractivity contribution is -0.141. The average molecular weight is 328 g/mol. The Hall–Kier alpha value is -2.59. The summed E-state index contributed by atoms with van der Waals surface area (Å²) in [4.78, 5) is 31.6. The van der Waals surface area contributed by atoms with Crippen molar-refractivity contribution in [2.24, 2.45) is 0 Å². The van der Waals surface area contributed by atoms with Crippen molar-refractivity contribution in [3.05, 3.63) is 35.4 Å². The molecule has 0 aliphatic carbocycles. The molecule has 3 amide bonds. The third-order valence-corrected chi connectivity index (χ3v) is 4.28. The van der Waals surface area contributed by atoms with E-state index in [0.717, 1.165) is 18.4 Å². The number of nitrogens with zero attached hydrogens (tertiary/aromatic N) is 3. The van der Waals surface area contributed by atoms with Crippen LogP contribution in [0, 0.1) is 11.3 Å². The van der Waals surface area contributed by atoms with Crippen molar-refractivity contribution >= 4 is 11.9 Å². The third-order valence-electron chi connectivity index (χ3n) is 4.28.